The maximum atomic E-state index is 12.7. The Balaban J connectivity index is 1.67. The lowest BCUT2D eigenvalue weighted by Crippen LogP contribution is -2.58. The van der Waals surface area contributed by atoms with Gasteiger partial charge in [0.25, 0.3) is 0 Å². The second kappa shape index (κ2) is 7.79. The third-order valence-electron chi connectivity index (χ3n) is 4.68. The number of benzene rings is 2. The van der Waals surface area contributed by atoms with Crippen molar-refractivity contribution in [3.05, 3.63) is 64.7 Å². The number of anilines is 1. The molecule has 3 amide bonds. The van der Waals surface area contributed by atoms with Crippen molar-refractivity contribution in [2.75, 3.05) is 18.4 Å². The Kier molecular flexibility index (Phi) is 5.47. The summed E-state index contributed by atoms with van der Waals surface area (Å²) in [6, 6.07) is 14.5. The molecule has 1 N–H and O–H groups in total. The van der Waals surface area contributed by atoms with Crippen molar-refractivity contribution in [1.29, 1.82) is 0 Å². The van der Waals surface area contributed by atoms with Gasteiger partial charge in [0, 0.05) is 19.6 Å². The SMILES string of the molecule is Cc1cccc(Cl)c1NC(=O)N1CCN(Cc2ccccc2)C(=O)C1C. The van der Waals surface area contributed by atoms with E-state index < -0.39 is 6.04 Å². The summed E-state index contributed by atoms with van der Waals surface area (Å²) in [4.78, 5) is 28.7. The summed E-state index contributed by atoms with van der Waals surface area (Å²) in [5, 5.41) is 3.33. The predicted octanol–water partition coefficient (Wildman–Crippen LogP) is 3.91. The number of nitrogens with one attached hydrogen (secondary N) is 1. The van der Waals surface area contributed by atoms with Crippen LogP contribution in [0.1, 0.15) is 18.1 Å². The van der Waals surface area contributed by atoms with Gasteiger partial charge in [-0.15, -0.1) is 0 Å². The Morgan fingerprint density at radius 1 is 1.15 bits per heavy atom. The fourth-order valence-electron chi connectivity index (χ4n) is 3.14. The summed E-state index contributed by atoms with van der Waals surface area (Å²) >= 11 is 6.18. The molecule has 0 aromatic heterocycles. The Labute approximate surface area is 158 Å². The van der Waals surface area contributed by atoms with Crippen molar-refractivity contribution in [1.82, 2.24) is 9.80 Å². The highest BCUT2D eigenvalue weighted by atomic mass is 35.5. The Hall–Kier alpha value is -2.53. The molecule has 1 atom stereocenters. The summed E-state index contributed by atoms with van der Waals surface area (Å²) in [5.41, 5.74) is 2.55. The van der Waals surface area contributed by atoms with E-state index in [1.807, 2.05) is 49.4 Å². The molecule has 26 heavy (non-hydrogen) atoms. The second-order valence-corrected chi connectivity index (χ2v) is 6.88. The number of piperazine rings is 1. The quantitative estimate of drug-likeness (QED) is 0.889. The van der Waals surface area contributed by atoms with Crippen molar-refractivity contribution in [2.24, 2.45) is 0 Å². The zero-order valence-corrected chi connectivity index (χ0v) is 15.7. The summed E-state index contributed by atoms with van der Waals surface area (Å²) < 4.78 is 0. The van der Waals surface area contributed by atoms with E-state index in [1.54, 1.807) is 22.8 Å². The molecule has 3 rings (SSSR count). The summed E-state index contributed by atoms with van der Waals surface area (Å²) in [6.45, 7) is 5.19. The van der Waals surface area contributed by atoms with E-state index in [1.165, 1.54) is 0 Å². The van der Waals surface area contributed by atoms with Gasteiger partial charge in [-0.3, -0.25) is 4.79 Å². The number of amides is 3. The molecule has 2 aromatic carbocycles. The molecular formula is C20H22ClN3O2. The molecule has 0 aliphatic carbocycles. The maximum absolute atomic E-state index is 12.7. The van der Waals surface area contributed by atoms with Gasteiger partial charge in [0.15, 0.2) is 0 Å². The van der Waals surface area contributed by atoms with Crippen LogP contribution in [-0.2, 0) is 11.3 Å². The zero-order valence-electron chi connectivity index (χ0n) is 14.9. The van der Waals surface area contributed by atoms with E-state index in [-0.39, 0.29) is 11.9 Å². The average molecular weight is 372 g/mol. The minimum Gasteiger partial charge on any atom is -0.335 e. The van der Waals surface area contributed by atoms with Crippen LogP contribution in [0.3, 0.4) is 0 Å². The van der Waals surface area contributed by atoms with E-state index >= 15 is 0 Å². The van der Waals surface area contributed by atoms with Gasteiger partial charge in [0.1, 0.15) is 6.04 Å². The molecule has 5 nitrogen and oxygen atoms in total. The second-order valence-electron chi connectivity index (χ2n) is 6.48. The molecule has 2 aromatic rings. The maximum Gasteiger partial charge on any atom is 0.322 e. The first kappa shape index (κ1) is 18.3. The van der Waals surface area contributed by atoms with Crippen molar-refractivity contribution in [3.63, 3.8) is 0 Å². The monoisotopic (exact) mass is 371 g/mol. The smallest absolute Gasteiger partial charge is 0.322 e. The Morgan fingerprint density at radius 2 is 1.88 bits per heavy atom. The van der Waals surface area contributed by atoms with E-state index in [9.17, 15) is 9.59 Å². The number of nitrogens with zero attached hydrogens (tertiary/aromatic N) is 2. The Bertz CT molecular complexity index is 790. The van der Waals surface area contributed by atoms with E-state index in [4.69, 9.17) is 11.6 Å². The average Bonchev–Trinajstić information content (AvgIpc) is 2.63. The molecule has 0 spiro atoms. The predicted molar refractivity (Wildman–Crippen MR) is 103 cm³/mol. The van der Waals surface area contributed by atoms with E-state index in [2.05, 4.69) is 5.32 Å². The van der Waals surface area contributed by atoms with Crippen LogP contribution in [0.4, 0.5) is 10.5 Å². The van der Waals surface area contributed by atoms with Crippen LogP contribution in [0.15, 0.2) is 48.5 Å². The van der Waals surface area contributed by atoms with Crippen LogP contribution in [0, 0.1) is 6.92 Å². The largest absolute Gasteiger partial charge is 0.335 e. The third kappa shape index (κ3) is 3.83. The molecule has 0 bridgehead atoms. The van der Waals surface area contributed by atoms with Gasteiger partial charge in [-0.25, -0.2) is 4.79 Å². The lowest BCUT2D eigenvalue weighted by Gasteiger charge is -2.39. The van der Waals surface area contributed by atoms with Crippen molar-refractivity contribution in [2.45, 2.75) is 26.4 Å². The third-order valence-corrected chi connectivity index (χ3v) is 4.99. The highest BCUT2D eigenvalue weighted by Crippen LogP contribution is 2.26. The molecule has 1 saturated heterocycles. The molecule has 136 valence electrons. The number of carbonyl (C=O) groups is 2. The molecule has 0 radical (unpaired) electrons. The topological polar surface area (TPSA) is 52.7 Å². The van der Waals surface area contributed by atoms with Gasteiger partial charge in [-0.1, -0.05) is 54.1 Å². The molecule has 1 aliphatic heterocycles. The minimum absolute atomic E-state index is 0.0499. The van der Waals surface area contributed by atoms with Crippen LogP contribution in [0.25, 0.3) is 0 Å². The van der Waals surface area contributed by atoms with Crippen LogP contribution in [-0.4, -0.2) is 40.9 Å². The number of para-hydroxylation sites is 1. The Morgan fingerprint density at radius 3 is 2.58 bits per heavy atom. The molecule has 1 fully saturated rings. The number of urea groups is 1. The van der Waals surface area contributed by atoms with Crippen molar-refractivity contribution in [3.8, 4) is 0 Å². The minimum atomic E-state index is -0.518. The van der Waals surface area contributed by atoms with Gasteiger partial charge in [-0.05, 0) is 31.0 Å². The molecule has 1 unspecified atom stereocenters. The highest BCUT2D eigenvalue weighted by Gasteiger charge is 2.34. The van der Waals surface area contributed by atoms with Gasteiger partial charge >= 0.3 is 6.03 Å². The molecule has 6 heteroatoms. The zero-order chi connectivity index (χ0) is 18.7. The van der Waals surface area contributed by atoms with Crippen molar-refractivity contribution >= 4 is 29.2 Å². The summed E-state index contributed by atoms with van der Waals surface area (Å²) in [7, 11) is 0. The van der Waals surface area contributed by atoms with Gasteiger partial charge in [0.2, 0.25) is 5.91 Å². The molecule has 0 saturated carbocycles. The van der Waals surface area contributed by atoms with Gasteiger partial charge in [0.05, 0.1) is 10.7 Å². The number of carbonyl (C=O) groups excluding carboxylic acids is 2. The van der Waals surface area contributed by atoms with E-state index in [0.717, 1.165) is 11.1 Å². The van der Waals surface area contributed by atoms with E-state index in [0.29, 0.717) is 30.3 Å². The normalized spacial score (nSPS) is 17.3. The first-order chi connectivity index (χ1) is 12.5. The number of aryl methyl sites for hydroxylation is 1. The van der Waals surface area contributed by atoms with Gasteiger partial charge in [-0.2, -0.15) is 0 Å². The number of halogens is 1. The van der Waals surface area contributed by atoms with Crippen LogP contribution in [0.2, 0.25) is 5.02 Å². The first-order valence-electron chi connectivity index (χ1n) is 8.63. The van der Waals surface area contributed by atoms with Crippen LogP contribution < -0.4 is 5.32 Å². The lowest BCUT2D eigenvalue weighted by atomic mass is 10.1. The first-order valence-corrected chi connectivity index (χ1v) is 9.00. The highest BCUT2D eigenvalue weighted by molar-refractivity contribution is 6.33. The van der Waals surface area contributed by atoms with Crippen molar-refractivity contribution < 1.29 is 9.59 Å². The fraction of sp³-hybridized carbons (Fsp3) is 0.300. The standard InChI is InChI=1S/C20H22ClN3O2/c1-14-7-6-10-17(21)18(14)22-20(26)24-12-11-23(19(25)15(24)2)13-16-8-4-3-5-9-16/h3-10,15H,11-13H2,1-2H3,(H,22,26). The lowest BCUT2D eigenvalue weighted by molar-refractivity contribution is -0.139. The number of rotatable bonds is 3. The summed E-state index contributed by atoms with van der Waals surface area (Å²) in [5.74, 6) is -0.0499. The van der Waals surface area contributed by atoms with Gasteiger partial charge < -0.3 is 15.1 Å². The number of hydrogen-bond donors (Lipinski definition) is 1. The fourth-order valence-corrected chi connectivity index (χ4v) is 3.41. The van der Waals surface area contributed by atoms with Crippen LogP contribution in [0.5, 0.6) is 0 Å². The van der Waals surface area contributed by atoms with Crippen LogP contribution >= 0.6 is 11.6 Å². The summed E-state index contributed by atoms with van der Waals surface area (Å²) in [6.07, 6.45) is 0. The number of hydrogen-bond acceptors (Lipinski definition) is 2. The molecular weight excluding hydrogens is 350 g/mol. The molecule has 1 aliphatic rings. The molecule has 1 heterocycles.